The van der Waals surface area contributed by atoms with E-state index in [9.17, 15) is 13.6 Å². The molecule has 1 saturated carbocycles. The smallest absolute Gasteiger partial charge is 0.272 e. The van der Waals surface area contributed by atoms with Crippen LogP contribution in [0.3, 0.4) is 0 Å². The Morgan fingerprint density at radius 3 is 2.78 bits per heavy atom. The molecule has 144 valence electrons. The Balaban J connectivity index is 1.53. The molecule has 7 heteroatoms. The summed E-state index contributed by atoms with van der Waals surface area (Å²) in [5, 5.41) is 7.32. The van der Waals surface area contributed by atoms with Crippen LogP contribution < -0.4 is 5.32 Å². The van der Waals surface area contributed by atoms with E-state index in [-0.39, 0.29) is 18.1 Å². The van der Waals surface area contributed by atoms with Crippen LogP contribution >= 0.6 is 0 Å². The summed E-state index contributed by atoms with van der Waals surface area (Å²) in [6.07, 6.45) is 2.06. The highest BCUT2D eigenvalue weighted by atomic mass is 19.1. The molecule has 1 aromatic carbocycles. The van der Waals surface area contributed by atoms with Gasteiger partial charge in [0.05, 0.1) is 17.9 Å². The van der Waals surface area contributed by atoms with E-state index in [0.717, 1.165) is 30.2 Å². The number of halogens is 2. The molecule has 2 aliphatic rings. The van der Waals surface area contributed by atoms with Gasteiger partial charge in [-0.1, -0.05) is 6.07 Å². The molecule has 0 unspecified atom stereocenters. The number of nitrogens with zero attached hydrogens (tertiary/aromatic N) is 2. The van der Waals surface area contributed by atoms with Crippen LogP contribution in [0.4, 0.5) is 8.78 Å². The Hall–Kier alpha value is -2.28. The molecule has 1 aliphatic carbocycles. The van der Waals surface area contributed by atoms with Crippen molar-refractivity contribution >= 4 is 5.91 Å². The first-order valence-corrected chi connectivity index (χ1v) is 9.26. The number of hydrogen-bond acceptors (Lipinski definition) is 3. The normalized spacial score (nSPS) is 23.0. The van der Waals surface area contributed by atoms with Gasteiger partial charge in [-0.05, 0) is 38.3 Å². The summed E-state index contributed by atoms with van der Waals surface area (Å²) in [6, 6.07) is 3.64. The zero-order valence-corrected chi connectivity index (χ0v) is 15.7. The average molecular weight is 375 g/mol. The molecule has 0 saturated heterocycles. The Kier molecular flexibility index (Phi) is 4.29. The van der Waals surface area contributed by atoms with Gasteiger partial charge in [-0.15, -0.1) is 0 Å². The number of amides is 1. The van der Waals surface area contributed by atoms with E-state index in [1.54, 1.807) is 4.68 Å². The third-order valence-corrected chi connectivity index (χ3v) is 5.67. The number of fused-ring (bicyclic) bond motifs is 1. The lowest BCUT2D eigenvalue weighted by molar-refractivity contribution is -0.00903. The number of aromatic nitrogens is 2. The van der Waals surface area contributed by atoms with Gasteiger partial charge in [-0.2, -0.15) is 5.10 Å². The second kappa shape index (κ2) is 6.41. The first-order valence-electron chi connectivity index (χ1n) is 9.26. The van der Waals surface area contributed by atoms with Crippen molar-refractivity contribution in [2.24, 2.45) is 7.05 Å². The van der Waals surface area contributed by atoms with Crippen molar-refractivity contribution in [3.63, 3.8) is 0 Å². The second-order valence-corrected chi connectivity index (χ2v) is 7.72. The second-order valence-electron chi connectivity index (χ2n) is 7.72. The van der Waals surface area contributed by atoms with Gasteiger partial charge < -0.3 is 10.1 Å². The number of nitrogens with one attached hydrogen (secondary N) is 1. The molecule has 0 spiro atoms. The van der Waals surface area contributed by atoms with Crippen molar-refractivity contribution in [3.05, 3.63) is 52.3 Å². The van der Waals surface area contributed by atoms with Gasteiger partial charge in [0, 0.05) is 37.1 Å². The number of ether oxygens (including phenoxy) is 1. The number of rotatable bonds is 4. The lowest BCUT2D eigenvalue weighted by atomic mass is 9.95. The van der Waals surface area contributed by atoms with Crippen LogP contribution in [0.15, 0.2) is 18.2 Å². The summed E-state index contributed by atoms with van der Waals surface area (Å²) in [5.41, 5.74) is 2.25. The summed E-state index contributed by atoms with van der Waals surface area (Å²) in [7, 11) is 1.81. The van der Waals surface area contributed by atoms with Crippen molar-refractivity contribution < 1.29 is 18.3 Å². The van der Waals surface area contributed by atoms with Crippen molar-refractivity contribution in [1.29, 1.82) is 0 Å². The van der Waals surface area contributed by atoms with Gasteiger partial charge in [-0.25, -0.2) is 8.78 Å². The van der Waals surface area contributed by atoms with Crippen molar-refractivity contribution in [2.45, 2.75) is 50.7 Å². The van der Waals surface area contributed by atoms with Crippen LogP contribution in [-0.4, -0.2) is 28.3 Å². The molecule has 2 atom stereocenters. The molecular weight excluding hydrogens is 352 g/mol. The molecule has 1 N–H and O–H groups in total. The van der Waals surface area contributed by atoms with E-state index < -0.39 is 17.0 Å². The van der Waals surface area contributed by atoms with Gasteiger partial charge in [0.25, 0.3) is 5.91 Å². The average Bonchev–Trinajstić information content (AvgIpc) is 3.30. The molecule has 4 rings (SSSR count). The number of hydrogen-bond donors (Lipinski definition) is 1. The van der Waals surface area contributed by atoms with E-state index in [1.165, 1.54) is 12.1 Å². The van der Waals surface area contributed by atoms with Crippen LogP contribution in [-0.2, 0) is 23.6 Å². The summed E-state index contributed by atoms with van der Waals surface area (Å²) < 4.78 is 34.9. The first-order chi connectivity index (χ1) is 12.8. The zero-order chi connectivity index (χ0) is 19.3. The van der Waals surface area contributed by atoms with Crippen LogP contribution in [0.25, 0.3) is 0 Å². The molecule has 1 aromatic heterocycles. The third-order valence-electron chi connectivity index (χ3n) is 5.67. The minimum absolute atomic E-state index is 0.0198. The van der Waals surface area contributed by atoms with Crippen LogP contribution in [0, 0.1) is 11.6 Å². The van der Waals surface area contributed by atoms with Crippen LogP contribution in [0.1, 0.15) is 60.1 Å². The number of carbonyl (C=O) groups excluding carboxylic acids is 1. The molecular formula is C20H23F2N3O2. The SMILES string of the molecule is C[C@@H]1Cc2c(C(=O)NCC3(c4ccc(F)cc4F)CC3)nn(C)c2[C@H](C)O1. The fourth-order valence-corrected chi connectivity index (χ4v) is 4.17. The van der Waals surface area contributed by atoms with Gasteiger partial charge >= 0.3 is 0 Å². The minimum atomic E-state index is -0.596. The molecule has 27 heavy (non-hydrogen) atoms. The van der Waals surface area contributed by atoms with E-state index in [4.69, 9.17) is 4.74 Å². The monoisotopic (exact) mass is 375 g/mol. The highest BCUT2D eigenvalue weighted by Crippen LogP contribution is 2.48. The van der Waals surface area contributed by atoms with E-state index in [1.807, 2.05) is 20.9 Å². The highest BCUT2D eigenvalue weighted by molar-refractivity contribution is 5.94. The number of carbonyl (C=O) groups is 1. The third kappa shape index (κ3) is 3.14. The van der Waals surface area contributed by atoms with Gasteiger partial charge in [0.15, 0.2) is 5.69 Å². The standard InChI is InChI=1S/C20H23F2N3O2/c1-11-8-14-17(24-25(3)18(14)12(2)27-11)19(26)23-10-20(6-7-20)15-5-4-13(21)9-16(15)22/h4-5,9,11-12H,6-8,10H2,1-3H3,(H,23,26)/t11-,12+/m1/s1. The Morgan fingerprint density at radius 2 is 2.11 bits per heavy atom. The fraction of sp³-hybridized carbons (Fsp3) is 0.500. The van der Waals surface area contributed by atoms with Gasteiger partial charge in [-0.3, -0.25) is 9.48 Å². The Labute approximate surface area is 156 Å². The summed E-state index contributed by atoms with van der Waals surface area (Å²) >= 11 is 0. The maximum Gasteiger partial charge on any atom is 0.272 e. The zero-order valence-electron chi connectivity index (χ0n) is 15.7. The topological polar surface area (TPSA) is 56.2 Å². The van der Waals surface area contributed by atoms with Crippen LogP contribution in [0.2, 0.25) is 0 Å². The quantitative estimate of drug-likeness (QED) is 0.893. The Morgan fingerprint density at radius 1 is 1.37 bits per heavy atom. The predicted octanol–water partition coefficient (Wildman–Crippen LogP) is 3.18. The van der Waals surface area contributed by atoms with Crippen molar-refractivity contribution in [2.75, 3.05) is 6.54 Å². The largest absolute Gasteiger partial charge is 0.369 e. The van der Waals surface area contributed by atoms with Gasteiger partial charge in [0.2, 0.25) is 0 Å². The van der Waals surface area contributed by atoms with E-state index >= 15 is 0 Å². The van der Waals surface area contributed by atoms with Gasteiger partial charge in [0.1, 0.15) is 11.6 Å². The molecule has 1 fully saturated rings. The lowest BCUT2D eigenvalue weighted by Crippen LogP contribution is -2.34. The number of aryl methyl sites for hydroxylation is 1. The van der Waals surface area contributed by atoms with Crippen LogP contribution in [0.5, 0.6) is 0 Å². The van der Waals surface area contributed by atoms with E-state index in [0.29, 0.717) is 24.2 Å². The Bertz CT molecular complexity index is 905. The molecule has 0 radical (unpaired) electrons. The molecule has 2 heterocycles. The van der Waals surface area contributed by atoms with Crippen molar-refractivity contribution in [3.8, 4) is 0 Å². The summed E-state index contributed by atoms with van der Waals surface area (Å²) in [4.78, 5) is 12.8. The van der Waals surface area contributed by atoms with E-state index in [2.05, 4.69) is 10.4 Å². The number of benzene rings is 1. The maximum atomic E-state index is 14.2. The van der Waals surface area contributed by atoms with Crippen molar-refractivity contribution in [1.82, 2.24) is 15.1 Å². The fourth-order valence-electron chi connectivity index (χ4n) is 4.17. The highest BCUT2D eigenvalue weighted by Gasteiger charge is 2.46. The minimum Gasteiger partial charge on any atom is -0.369 e. The molecule has 1 amide bonds. The first kappa shape index (κ1) is 18.1. The molecule has 5 nitrogen and oxygen atoms in total. The predicted molar refractivity (Wildman–Crippen MR) is 95.5 cm³/mol. The maximum absolute atomic E-state index is 14.2. The lowest BCUT2D eigenvalue weighted by Gasteiger charge is -2.26. The summed E-state index contributed by atoms with van der Waals surface area (Å²) in [6.45, 7) is 4.24. The molecule has 2 aromatic rings. The molecule has 0 bridgehead atoms. The molecule has 1 aliphatic heterocycles. The summed E-state index contributed by atoms with van der Waals surface area (Å²) in [5.74, 6) is -1.42.